The zero-order chi connectivity index (χ0) is 23.8. The third kappa shape index (κ3) is 3.89. The van der Waals surface area contributed by atoms with Crippen molar-refractivity contribution in [2.75, 3.05) is 19.6 Å². The smallest absolute Gasteiger partial charge is 0.411 e. The molecule has 2 fully saturated rings. The normalized spacial score (nSPS) is 20.3. The largest absolute Gasteiger partial charge is 0.431 e. The Morgan fingerprint density at radius 3 is 2.06 bits per heavy atom. The number of cyclic esters (lactones) is 1. The number of amides is 1. The fourth-order valence-corrected chi connectivity index (χ4v) is 5.87. The van der Waals surface area contributed by atoms with E-state index >= 15 is 0 Å². The third-order valence-electron chi connectivity index (χ3n) is 6.36. The van der Waals surface area contributed by atoms with Crippen LogP contribution in [-0.2, 0) is 20.4 Å². The van der Waals surface area contributed by atoms with Gasteiger partial charge in [0.25, 0.3) is 0 Å². The number of nitrogens with zero attached hydrogens (tertiary/aromatic N) is 2. The Kier molecular flexibility index (Phi) is 5.71. The van der Waals surface area contributed by atoms with Crippen LogP contribution in [0.1, 0.15) is 16.7 Å². The van der Waals surface area contributed by atoms with E-state index in [4.69, 9.17) is 4.74 Å². The number of hydrogen-bond acceptors (Lipinski definition) is 4. The van der Waals surface area contributed by atoms with Gasteiger partial charge in [-0.2, -0.15) is 4.31 Å². The van der Waals surface area contributed by atoms with Gasteiger partial charge in [-0.05, 0) is 23.8 Å². The minimum atomic E-state index is -3.80. The van der Waals surface area contributed by atoms with Crippen molar-refractivity contribution >= 4 is 22.2 Å². The van der Waals surface area contributed by atoms with Crippen LogP contribution < -0.4 is 0 Å². The van der Waals surface area contributed by atoms with E-state index in [1.165, 1.54) is 34.6 Å². The maximum absolute atomic E-state index is 13.2. The fraction of sp³-hybridized carbons (Fsp3) is 0.192. The Hall–Kier alpha value is -3.49. The second-order valence-corrected chi connectivity index (χ2v) is 10.1. The summed E-state index contributed by atoms with van der Waals surface area (Å²) in [4.78, 5) is 14.6. The predicted molar refractivity (Wildman–Crippen MR) is 127 cm³/mol. The Labute approximate surface area is 197 Å². The summed E-state index contributed by atoms with van der Waals surface area (Å²) in [7, 11) is -3.80. The van der Waals surface area contributed by atoms with Gasteiger partial charge < -0.3 is 4.74 Å². The van der Waals surface area contributed by atoms with Gasteiger partial charge in [-0.25, -0.2) is 17.6 Å². The molecule has 1 unspecified atom stereocenters. The lowest BCUT2D eigenvalue weighted by Gasteiger charge is -2.41. The van der Waals surface area contributed by atoms with Crippen LogP contribution in [0.4, 0.5) is 9.18 Å². The highest BCUT2D eigenvalue weighted by atomic mass is 32.2. The standard InChI is InChI=1S/C26H23FN2O4S/c27-23-13-11-20(12-14-23)15-18-34(31,32)28-16-17-29-24(19-28)26(33-25(29)30,21-7-3-1-4-8-21)22-9-5-2-6-10-22/h1-15,18,24H,16-17,19H2. The Morgan fingerprint density at radius 1 is 0.882 bits per heavy atom. The molecule has 1 amide bonds. The van der Waals surface area contributed by atoms with Crippen LogP contribution in [0, 0.1) is 5.82 Å². The molecule has 34 heavy (non-hydrogen) atoms. The average Bonchev–Trinajstić information content (AvgIpc) is 3.17. The SMILES string of the molecule is O=C1OC(c2ccccc2)(c2ccccc2)C2CN(S(=O)(=O)C=Cc3ccc(F)cc3)CCN12. The maximum Gasteiger partial charge on any atom is 0.411 e. The highest BCUT2D eigenvalue weighted by Gasteiger charge is 2.58. The molecule has 0 saturated carbocycles. The third-order valence-corrected chi connectivity index (χ3v) is 7.89. The molecule has 3 aromatic rings. The molecule has 2 aliphatic heterocycles. The summed E-state index contributed by atoms with van der Waals surface area (Å²) in [5.74, 6) is -0.389. The van der Waals surface area contributed by atoms with Gasteiger partial charge in [-0.15, -0.1) is 0 Å². The zero-order valence-electron chi connectivity index (χ0n) is 18.2. The number of piperazine rings is 1. The quantitative estimate of drug-likeness (QED) is 0.551. The molecule has 174 valence electrons. The molecule has 3 aromatic carbocycles. The van der Waals surface area contributed by atoms with E-state index in [1.807, 2.05) is 60.7 Å². The molecular formula is C26H23FN2O4S. The summed E-state index contributed by atoms with van der Waals surface area (Å²) in [6.45, 7) is 0.446. The molecule has 0 bridgehead atoms. The fourth-order valence-electron chi connectivity index (χ4n) is 4.69. The molecule has 0 spiro atoms. The first-order chi connectivity index (χ1) is 16.4. The second-order valence-electron chi connectivity index (χ2n) is 8.30. The van der Waals surface area contributed by atoms with E-state index in [0.29, 0.717) is 5.56 Å². The first kappa shape index (κ1) is 22.3. The monoisotopic (exact) mass is 478 g/mol. The molecule has 0 radical (unpaired) electrons. The van der Waals surface area contributed by atoms with Gasteiger partial charge in [0.2, 0.25) is 10.0 Å². The lowest BCUT2D eigenvalue weighted by molar-refractivity contribution is 0.0580. The van der Waals surface area contributed by atoms with E-state index in [2.05, 4.69) is 0 Å². The van der Waals surface area contributed by atoms with Gasteiger partial charge >= 0.3 is 6.09 Å². The van der Waals surface area contributed by atoms with E-state index in [-0.39, 0.29) is 25.5 Å². The molecule has 0 aliphatic carbocycles. The number of carbonyl (C=O) groups excluding carboxylic acids is 1. The van der Waals surface area contributed by atoms with Crippen molar-refractivity contribution in [1.82, 2.24) is 9.21 Å². The van der Waals surface area contributed by atoms with Gasteiger partial charge in [-0.1, -0.05) is 72.8 Å². The van der Waals surface area contributed by atoms with Crippen LogP contribution in [0.3, 0.4) is 0 Å². The van der Waals surface area contributed by atoms with Crippen LogP contribution >= 0.6 is 0 Å². The average molecular weight is 479 g/mol. The van der Waals surface area contributed by atoms with E-state index in [0.717, 1.165) is 16.5 Å². The van der Waals surface area contributed by atoms with Gasteiger partial charge in [0.15, 0.2) is 5.60 Å². The minimum absolute atomic E-state index is 0.0750. The number of rotatable bonds is 5. The highest BCUT2D eigenvalue weighted by molar-refractivity contribution is 7.92. The number of benzene rings is 3. The van der Waals surface area contributed by atoms with Crippen molar-refractivity contribution in [1.29, 1.82) is 0 Å². The zero-order valence-corrected chi connectivity index (χ0v) is 19.1. The minimum Gasteiger partial charge on any atom is -0.431 e. The molecule has 1 atom stereocenters. The number of carbonyl (C=O) groups is 1. The molecular weight excluding hydrogens is 455 g/mol. The van der Waals surface area contributed by atoms with Gasteiger partial charge in [-0.3, -0.25) is 4.90 Å². The lowest BCUT2D eigenvalue weighted by Crippen LogP contribution is -2.58. The Balaban J connectivity index is 1.51. The van der Waals surface area contributed by atoms with Crippen LogP contribution in [-0.4, -0.2) is 49.4 Å². The molecule has 2 heterocycles. The first-order valence-electron chi connectivity index (χ1n) is 10.9. The van der Waals surface area contributed by atoms with Crippen LogP contribution in [0.25, 0.3) is 6.08 Å². The van der Waals surface area contributed by atoms with Crippen LogP contribution in [0.15, 0.2) is 90.3 Å². The number of halogens is 1. The highest BCUT2D eigenvalue weighted by Crippen LogP contribution is 2.46. The second kappa shape index (κ2) is 8.70. The number of fused-ring (bicyclic) bond motifs is 1. The van der Waals surface area contributed by atoms with Crippen molar-refractivity contribution in [3.63, 3.8) is 0 Å². The van der Waals surface area contributed by atoms with Crippen molar-refractivity contribution in [3.05, 3.63) is 113 Å². The van der Waals surface area contributed by atoms with E-state index < -0.39 is 27.8 Å². The number of sulfonamides is 1. The number of ether oxygens (including phenoxy) is 1. The van der Waals surface area contributed by atoms with Crippen molar-refractivity contribution in [2.45, 2.75) is 11.6 Å². The van der Waals surface area contributed by atoms with Crippen LogP contribution in [0.5, 0.6) is 0 Å². The maximum atomic E-state index is 13.2. The first-order valence-corrected chi connectivity index (χ1v) is 12.4. The van der Waals surface area contributed by atoms with Crippen molar-refractivity contribution in [2.24, 2.45) is 0 Å². The van der Waals surface area contributed by atoms with Gasteiger partial charge in [0, 0.05) is 36.2 Å². The molecule has 2 saturated heterocycles. The van der Waals surface area contributed by atoms with Gasteiger partial charge in [0.05, 0.1) is 6.04 Å². The van der Waals surface area contributed by atoms with Crippen LogP contribution in [0.2, 0.25) is 0 Å². The summed E-state index contributed by atoms with van der Waals surface area (Å²) in [5.41, 5.74) is 0.992. The van der Waals surface area contributed by atoms with E-state index in [9.17, 15) is 17.6 Å². The van der Waals surface area contributed by atoms with Crippen molar-refractivity contribution < 1.29 is 22.3 Å². The lowest BCUT2D eigenvalue weighted by atomic mass is 9.79. The van der Waals surface area contributed by atoms with Crippen molar-refractivity contribution in [3.8, 4) is 0 Å². The summed E-state index contributed by atoms with van der Waals surface area (Å²) in [6.07, 6.45) is 0.982. The summed E-state index contributed by atoms with van der Waals surface area (Å²) in [5, 5.41) is 1.13. The Bertz CT molecular complexity index is 1270. The molecule has 6 nitrogen and oxygen atoms in total. The molecule has 0 N–H and O–H groups in total. The summed E-state index contributed by atoms with van der Waals surface area (Å²) in [6, 6.07) is 23.9. The molecule has 2 aliphatic rings. The van der Waals surface area contributed by atoms with E-state index in [1.54, 1.807) is 4.90 Å². The summed E-state index contributed by atoms with van der Waals surface area (Å²) >= 11 is 0. The molecule has 0 aromatic heterocycles. The summed E-state index contributed by atoms with van der Waals surface area (Å²) < 4.78 is 47.0. The molecule has 5 rings (SSSR count). The number of hydrogen-bond donors (Lipinski definition) is 0. The van der Waals surface area contributed by atoms with Gasteiger partial charge in [0.1, 0.15) is 5.82 Å². The topological polar surface area (TPSA) is 66.9 Å². The molecule has 8 heteroatoms. The predicted octanol–water partition coefficient (Wildman–Crippen LogP) is 4.21. The Morgan fingerprint density at radius 2 is 1.47 bits per heavy atom.